The van der Waals surface area contributed by atoms with E-state index in [1.807, 2.05) is 32.2 Å². The van der Waals surface area contributed by atoms with Gasteiger partial charge in [0.2, 0.25) is 17.8 Å². The standard InChI is InChI=1S/C25H38N10O/c1-17-9-10-18(20-27-24(36)34(7)31-20)15-19(17)26-21-28-22(33(6)16-25(2,3)4)30-23(29-21)35-12-8-11-32(5)13-14-35/h9-10,15H,8,11-14,16H2,1-7H3,(H,27,31,36)(H,26,28,29,30). The highest BCUT2D eigenvalue weighted by atomic mass is 16.1. The second-order valence-electron chi connectivity index (χ2n) is 10.9. The quantitative estimate of drug-likeness (QED) is 0.534. The van der Waals surface area contributed by atoms with Crippen molar-refractivity contribution in [2.24, 2.45) is 12.5 Å². The predicted octanol–water partition coefficient (Wildman–Crippen LogP) is 2.64. The normalized spacial score (nSPS) is 15.1. The lowest BCUT2D eigenvalue weighted by molar-refractivity contribution is 0.360. The summed E-state index contributed by atoms with van der Waals surface area (Å²) >= 11 is 0. The molecule has 1 aromatic carbocycles. The average Bonchev–Trinajstić information content (AvgIpc) is 2.99. The van der Waals surface area contributed by atoms with Crippen molar-refractivity contribution in [1.82, 2.24) is 34.6 Å². The SMILES string of the molecule is Cc1ccc(-c2nn(C)c(=O)[nH]2)cc1Nc1nc(N(C)CC(C)(C)C)nc(N2CCCN(C)CC2)n1. The first kappa shape index (κ1) is 25.6. The molecule has 3 heterocycles. The molecule has 0 radical (unpaired) electrons. The van der Waals surface area contributed by atoms with E-state index >= 15 is 0 Å². The molecule has 2 N–H and O–H groups in total. The number of nitrogens with zero attached hydrogens (tertiary/aromatic N) is 8. The minimum atomic E-state index is -0.253. The number of rotatable bonds is 6. The zero-order valence-corrected chi connectivity index (χ0v) is 22.5. The summed E-state index contributed by atoms with van der Waals surface area (Å²) in [6.07, 6.45) is 1.06. The van der Waals surface area contributed by atoms with Gasteiger partial charge in [0.15, 0.2) is 5.82 Å². The molecule has 0 amide bonds. The van der Waals surface area contributed by atoms with E-state index in [0.717, 1.165) is 56.0 Å². The van der Waals surface area contributed by atoms with Crippen LogP contribution in [0.5, 0.6) is 0 Å². The van der Waals surface area contributed by atoms with E-state index in [1.165, 1.54) is 4.68 Å². The fourth-order valence-electron chi connectivity index (χ4n) is 4.31. The van der Waals surface area contributed by atoms with E-state index in [4.69, 9.17) is 15.0 Å². The molecule has 11 nitrogen and oxygen atoms in total. The predicted molar refractivity (Wildman–Crippen MR) is 144 cm³/mol. The maximum atomic E-state index is 11.9. The number of anilines is 4. The molecule has 1 aliphatic heterocycles. The summed E-state index contributed by atoms with van der Waals surface area (Å²) in [6.45, 7) is 13.2. The molecule has 11 heteroatoms. The van der Waals surface area contributed by atoms with Crippen LogP contribution in [-0.4, -0.2) is 81.4 Å². The minimum absolute atomic E-state index is 0.0883. The first-order valence-corrected chi connectivity index (χ1v) is 12.4. The molecule has 0 bridgehead atoms. The lowest BCUT2D eigenvalue weighted by Gasteiger charge is -2.28. The van der Waals surface area contributed by atoms with Gasteiger partial charge in [0.25, 0.3) is 0 Å². The summed E-state index contributed by atoms with van der Waals surface area (Å²) in [5.41, 5.74) is 2.51. The van der Waals surface area contributed by atoms with E-state index in [2.05, 4.69) is 57.9 Å². The Kier molecular flexibility index (Phi) is 7.30. The highest BCUT2D eigenvalue weighted by Gasteiger charge is 2.21. The first-order valence-electron chi connectivity index (χ1n) is 12.4. The zero-order valence-electron chi connectivity index (χ0n) is 22.5. The molecule has 1 fully saturated rings. The molecule has 0 atom stereocenters. The molecule has 0 aliphatic carbocycles. The van der Waals surface area contributed by atoms with Gasteiger partial charge in [-0.05, 0) is 44.0 Å². The zero-order chi connectivity index (χ0) is 26.0. The molecule has 0 saturated carbocycles. The van der Waals surface area contributed by atoms with Gasteiger partial charge >= 0.3 is 5.69 Å². The van der Waals surface area contributed by atoms with Gasteiger partial charge in [-0.1, -0.05) is 32.9 Å². The van der Waals surface area contributed by atoms with Gasteiger partial charge in [-0.25, -0.2) is 9.48 Å². The van der Waals surface area contributed by atoms with Crippen LogP contribution in [0.4, 0.5) is 23.5 Å². The summed E-state index contributed by atoms with van der Waals surface area (Å²) in [7, 11) is 5.79. The van der Waals surface area contributed by atoms with Crippen molar-refractivity contribution in [3.63, 3.8) is 0 Å². The Balaban J connectivity index is 1.70. The third kappa shape index (κ3) is 6.20. The second-order valence-corrected chi connectivity index (χ2v) is 10.9. The molecular weight excluding hydrogens is 456 g/mol. The lowest BCUT2D eigenvalue weighted by Crippen LogP contribution is -2.33. The molecule has 194 valence electrons. The molecule has 1 aliphatic rings. The highest BCUT2D eigenvalue weighted by Crippen LogP contribution is 2.27. The second kappa shape index (κ2) is 10.3. The van der Waals surface area contributed by atoms with Crippen molar-refractivity contribution in [1.29, 1.82) is 0 Å². The largest absolute Gasteiger partial charge is 0.343 e. The molecule has 36 heavy (non-hydrogen) atoms. The van der Waals surface area contributed by atoms with Gasteiger partial charge in [0, 0.05) is 51.5 Å². The van der Waals surface area contributed by atoms with Gasteiger partial charge in [-0.2, -0.15) is 20.1 Å². The van der Waals surface area contributed by atoms with E-state index in [9.17, 15) is 4.79 Å². The maximum Gasteiger partial charge on any atom is 0.343 e. The number of likely N-dealkylation sites (N-methyl/N-ethyl adjacent to an activating group) is 1. The first-order chi connectivity index (χ1) is 17.0. The van der Waals surface area contributed by atoms with Crippen molar-refractivity contribution in [2.75, 3.05) is 61.9 Å². The molecule has 2 aromatic heterocycles. The fraction of sp³-hybridized carbons (Fsp3) is 0.560. The summed E-state index contributed by atoms with van der Waals surface area (Å²) in [5, 5.41) is 7.70. The van der Waals surface area contributed by atoms with Crippen LogP contribution in [0, 0.1) is 12.3 Å². The lowest BCUT2D eigenvalue weighted by atomic mass is 9.96. The summed E-state index contributed by atoms with van der Waals surface area (Å²) in [6, 6.07) is 5.88. The number of aromatic amines is 1. The van der Waals surface area contributed by atoms with E-state index < -0.39 is 0 Å². The fourth-order valence-corrected chi connectivity index (χ4v) is 4.31. The molecular formula is C25H38N10O. The Labute approximate surface area is 212 Å². The monoisotopic (exact) mass is 494 g/mol. The Bertz CT molecular complexity index is 1260. The molecule has 0 spiro atoms. The van der Waals surface area contributed by atoms with Crippen LogP contribution in [0.2, 0.25) is 0 Å². The summed E-state index contributed by atoms with van der Waals surface area (Å²) in [5.74, 6) is 2.32. The number of aromatic nitrogens is 6. The number of nitrogens with one attached hydrogen (secondary N) is 2. The van der Waals surface area contributed by atoms with Crippen LogP contribution in [0.25, 0.3) is 11.4 Å². The van der Waals surface area contributed by atoms with Crippen LogP contribution in [0.3, 0.4) is 0 Å². The van der Waals surface area contributed by atoms with Crippen LogP contribution < -0.4 is 20.8 Å². The Hall–Kier alpha value is -3.47. The number of benzene rings is 1. The molecule has 1 saturated heterocycles. The van der Waals surface area contributed by atoms with Crippen LogP contribution >= 0.6 is 0 Å². The topological polar surface area (TPSA) is 111 Å². The van der Waals surface area contributed by atoms with Gasteiger partial charge in [0.1, 0.15) is 0 Å². The van der Waals surface area contributed by atoms with Crippen molar-refractivity contribution in [3.8, 4) is 11.4 Å². The van der Waals surface area contributed by atoms with Crippen LogP contribution in [-0.2, 0) is 7.05 Å². The average molecular weight is 495 g/mol. The molecule has 4 rings (SSSR count). The number of hydrogen-bond donors (Lipinski definition) is 2. The molecule has 3 aromatic rings. The van der Waals surface area contributed by atoms with Crippen molar-refractivity contribution >= 4 is 23.5 Å². The van der Waals surface area contributed by atoms with Gasteiger partial charge in [-0.3, -0.25) is 4.98 Å². The maximum absolute atomic E-state index is 11.9. The van der Waals surface area contributed by atoms with Crippen molar-refractivity contribution in [3.05, 3.63) is 34.2 Å². The Morgan fingerprint density at radius 2 is 1.86 bits per heavy atom. The minimum Gasteiger partial charge on any atom is -0.343 e. The smallest absolute Gasteiger partial charge is 0.343 e. The van der Waals surface area contributed by atoms with E-state index in [1.54, 1.807) is 7.05 Å². The van der Waals surface area contributed by atoms with E-state index in [0.29, 0.717) is 23.7 Å². The van der Waals surface area contributed by atoms with Crippen molar-refractivity contribution < 1.29 is 0 Å². The highest BCUT2D eigenvalue weighted by molar-refractivity contribution is 5.68. The number of aryl methyl sites for hydroxylation is 2. The van der Waals surface area contributed by atoms with E-state index in [-0.39, 0.29) is 11.1 Å². The number of hydrogen-bond acceptors (Lipinski definition) is 9. The van der Waals surface area contributed by atoms with Gasteiger partial charge < -0.3 is 20.0 Å². The van der Waals surface area contributed by atoms with Crippen molar-refractivity contribution in [2.45, 2.75) is 34.1 Å². The number of H-pyrrole nitrogens is 1. The molecule has 0 unspecified atom stereocenters. The van der Waals surface area contributed by atoms with Gasteiger partial charge in [0.05, 0.1) is 0 Å². The summed E-state index contributed by atoms with van der Waals surface area (Å²) in [4.78, 5) is 35.8. The summed E-state index contributed by atoms with van der Waals surface area (Å²) < 4.78 is 1.29. The third-order valence-corrected chi connectivity index (χ3v) is 6.19. The third-order valence-electron chi connectivity index (χ3n) is 6.19. The van der Waals surface area contributed by atoms with Crippen LogP contribution in [0.1, 0.15) is 32.8 Å². The Morgan fingerprint density at radius 1 is 1.08 bits per heavy atom. The Morgan fingerprint density at radius 3 is 2.56 bits per heavy atom. The van der Waals surface area contributed by atoms with Crippen LogP contribution in [0.15, 0.2) is 23.0 Å². The van der Waals surface area contributed by atoms with Gasteiger partial charge in [-0.15, -0.1) is 0 Å².